The second-order valence-electron chi connectivity index (χ2n) is 5.25. The number of carboxylic acid groups (broad SMARTS) is 1. The van der Waals surface area contributed by atoms with Crippen LogP contribution in [0.3, 0.4) is 0 Å². The van der Waals surface area contributed by atoms with Gasteiger partial charge in [-0.05, 0) is 26.8 Å². The van der Waals surface area contributed by atoms with Crippen LogP contribution in [0.15, 0.2) is 12.3 Å². The molecule has 1 unspecified atom stereocenters. The molecule has 0 saturated heterocycles. The largest absolute Gasteiger partial charge is 0.477 e. The Hall–Kier alpha value is -2.48. The highest BCUT2D eigenvalue weighted by Gasteiger charge is 2.21. The number of thiazole rings is 1. The van der Waals surface area contributed by atoms with Crippen molar-refractivity contribution in [3.63, 3.8) is 0 Å². The molecule has 0 aliphatic rings. The monoisotopic (exact) mass is 335 g/mol. The molecular formula is C15H17N3O4S. The van der Waals surface area contributed by atoms with Gasteiger partial charge in [-0.2, -0.15) is 0 Å². The molecule has 2 N–H and O–H groups in total. The third-order valence-electron chi connectivity index (χ3n) is 3.37. The first-order valence-electron chi connectivity index (χ1n) is 6.89. The Morgan fingerprint density at radius 2 is 2.04 bits per heavy atom. The Morgan fingerprint density at radius 3 is 2.52 bits per heavy atom. The maximum atomic E-state index is 12.3. The molecule has 0 bridgehead atoms. The van der Waals surface area contributed by atoms with Crippen molar-refractivity contribution < 1.29 is 19.5 Å². The molecule has 23 heavy (non-hydrogen) atoms. The summed E-state index contributed by atoms with van der Waals surface area (Å²) in [6.07, 6.45) is 1.60. The number of nitrogens with one attached hydrogen (secondary N) is 1. The number of aromatic nitrogens is 2. The van der Waals surface area contributed by atoms with E-state index in [-0.39, 0.29) is 16.6 Å². The van der Waals surface area contributed by atoms with Gasteiger partial charge in [0.15, 0.2) is 5.78 Å². The normalized spacial score (nSPS) is 12.0. The molecule has 2 rings (SSSR count). The minimum Gasteiger partial charge on any atom is -0.477 e. The summed E-state index contributed by atoms with van der Waals surface area (Å²) in [4.78, 5) is 39.1. The van der Waals surface area contributed by atoms with Crippen LogP contribution in [0.2, 0.25) is 0 Å². The molecule has 0 fully saturated rings. The fourth-order valence-corrected chi connectivity index (χ4v) is 3.02. The first-order chi connectivity index (χ1) is 10.7. The third kappa shape index (κ3) is 3.48. The Morgan fingerprint density at radius 1 is 1.39 bits per heavy atom. The van der Waals surface area contributed by atoms with Crippen molar-refractivity contribution in [2.45, 2.75) is 26.8 Å². The van der Waals surface area contributed by atoms with Gasteiger partial charge in [0, 0.05) is 18.8 Å². The summed E-state index contributed by atoms with van der Waals surface area (Å²) in [5, 5.41) is 12.4. The Balaban J connectivity index is 2.18. The van der Waals surface area contributed by atoms with E-state index in [1.165, 1.54) is 13.0 Å². The second-order valence-corrected chi connectivity index (χ2v) is 6.28. The highest BCUT2D eigenvalue weighted by molar-refractivity contribution is 7.13. The minimum absolute atomic E-state index is 0.116. The average Bonchev–Trinajstić information content (AvgIpc) is 3.02. The van der Waals surface area contributed by atoms with E-state index in [2.05, 4.69) is 10.3 Å². The Labute approximate surface area is 137 Å². The van der Waals surface area contributed by atoms with E-state index < -0.39 is 12.0 Å². The summed E-state index contributed by atoms with van der Waals surface area (Å²) in [5.41, 5.74) is 1.24. The van der Waals surface area contributed by atoms with Crippen LogP contribution in [0.4, 0.5) is 0 Å². The van der Waals surface area contributed by atoms with Crippen LogP contribution in [0.5, 0.6) is 0 Å². The number of rotatable bonds is 5. The van der Waals surface area contributed by atoms with E-state index >= 15 is 0 Å². The zero-order chi connectivity index (χ0) is 17.3. The predicted octanol–water partition coefficient (Wildman–Crippen LogP) is 2.18. The lowest BCUT2D eigenvalue weighted by molar-refractivity contribution is 0.0700. The van der Waals surface area contributed by atoms with Crippen LogP contribution < -0.4 is 5.32 Å². The van der Waals surface area contributed by atoms with Crippen LogP contribution in [0.1, 0.15) is 61.1 Å². The van der Waals surface area contributed by atoms with Crippen molar-refractivity contribution in [3.05, 3.63) is 39.1 Å². The number of aryl methyl sites for hydroxylation is 2. The molecule has 0 aliphatic carbocycles. The maximum Gasteiger partial charge on any atom is 0.347 e. The first-order valence-corrected chi connectivity index (χ1v) is 7.71. The lowest BCUT2D eigenvalue weighted by Crippen LogP contribution is -2.28. The minimum atomic E-state index is -1.03. The average molecular weight is 335 g/mol. The van der Waals surface area contributed by atoms with Crippen molar-refractivity contribution in [3.8, 4) is 0 Å². The predicted molar refractivity (Wildman–Crippen MR) is 85.1 cm³/mol. The number of aromatic carboxylic acids is 1. The van der Waals surface area contributed by atoms with Crippen LogP contribution in [0, 0.1) is 6.92 Å². The zero-order valence-electron chi connectivity index (χ0n) is 13.2. The quantitative estimate of drug-likeness (QED) is 0.816. The highest BCUT2D eigenvalue weighted by atomic mass is 32.1. The molecule has 1 amide bonds. The summed E-state index contributed by atoms with van der Waals surface area (Å²) >= 11 is 1.04. The number of amides is 1. The van der Waals surface area contributed by atoms with Crippen molar-refractivity contribution in [2.75, 3.05) is 0 Å². The maximum absolute atomic E-state index is 12.3. The summed E-state index contributed by atoms with van der Waals surface area (Å²) in [6, 6.07) is 1.09. The van der Waals surface area contributed by atoms with Gasteiger partial charge in [-0.25, -0.2) is 9.78 Å². The van der Waals surface area contributed by atoms with E-state index in [1.54, 1.807) is 31.7 Å². The van der Waals surface area contributed by atoms with E-state index in [4.69, 9.17) is 5.11 Å². The van der Waals surface area contributed by atoms with Gasteiger partial charge in [0.1, 0.15) is 15.6 Å². The van der Waals surface area contributed by atoms with E-state index in [1.807, 2.05) is 0 Å². The summed E-state index contributed by atoms with van der Waals surface area (Å²) in [7, 11) is 1.68. The SMILES string of the molecule is CC(=O)c1cc(C(=O)NC(C)c2nc(C)c(C(=O)O)s2)n(C)c1. The van der Waals surface area contributed by atoms with Crippen molar-refractivity contribution >= 4 is 29.0 Å². The molecule has 8 heteroatoms. The van der Waals surface area contributed by atoms with Crippen molar-refractivity contribution in [1.82, 2.24) is 14.9 Å². The van der Waals surface area contributed by atoms with E-state index in [0.717, 1.165) is 11.3 Å². The van der Waals surface area contributed by atoms with Crippen molar-refractivity contribution in [2.24, 2.45) is 7.05 Å². The zero-order valence-corrected chi connectivity index (χ0v) is 14.0. The Kier molecular flexibility index (Phi) is 4.65. The lowest BCUT2D eigenvalue weighted by atomic mass is 10.2. The van der Waals surface area contributed by atoms with Gasteiger partial charge in [-0.1, -0.05) is 0 Å². The molecule has 7 nitrogen and oxygen atoms in total. The molecule has 0 aliphatic heterocycles. The molecule has 2 aromatic heterocycles. The summed E-state index contributed by atoms with van der Waals surface area (Å²) < 4.78 is 1.58. The molecule has 2 heterocycles. The molecule has 1 atom stereocenters. The number of hydrogen-bond donors (Lipinski definition) is 2. The summed E-state index contributed by atoms with van der Waals surface area (Å²) in [5.74, 6) is -1.50. The third-order valence-corrected chi connectivity index (χ3v) is 4.70. The van der Waals surface area contributed by atoms with Crippen LogP contribution in [0.25, 0.3) is 0 Å². The van der Waals surface area contributed by atoms with Crippen LogP contribution >= 0.6 is 11.3 Å². The smallest absolute Gasteiger partial charge is 0.347 e. The molecule has 0 spiro atoms. The van der Waals surface area contributed by atoms with Gasteiger partial charge >= 0.3 is 5.97 Å². The van der Waals surface area contributed by atoms with E-state index in [9.17, 15) is 14.4 Å². The number of carboxylic acids is 1. The van der Waals surface area contributed by atoms with Crippen molar-refractivity contribution in [1.29, 1.82) is 0 Å². The summed E-state index contributed by atoms with van der Waals surface area (Å²) in [6.45, 7) is 4.79. The van der Waals surface area contributed by atoms with Gasteiger partial charge in [-0.3, -0.25) is 9.59 Å². The molecule has 0 radical (unpaired) electrons. The van der Waals surface area contributed by atoms with Gasteiger partial charge < -0.3 is 15.0 Å². The topological polar surface area (TPSA) is 101 Å². The number of hydrogen-bond acceptors (Lipinski definition) is 5. The van der Waals surface area contributed by atoms with Crippen LogP contribution in [-0.2, 0) is 7.05 Å². The Bertz CT molecular complexity index is 791. The highest BCUT2D eigenvalue weighted by Crippen LogP contribution is 2.24. The van der Waals surface area contributed by atoms with Gasteiger partial charge in [-0.15, -0.1) is 11.3 Å². The second kappa shape index (κ2) is 6.33. The van der Waals surface area contributed by atoms with Crippen LogP contribution in [-0.4, -0.2) is 32.3 Å². The molecule has 0 aromatic carbocycles. The molecular weight excluding hydrogens is 318 g/mol. The number of nitrogens with zero attached hydrogens (tertiary/aromatic N) is 2. The first kappa shape index (κ1) is 16.9. The number of ketones is 1. The van der Waals surface area contributed by atoms with E-state index in [0.29, 0.717) is 22.0 Å². The fourth-order valence-electron chi connectivity index (χ4n) is 2.12. The number of Topliss-reactive ketones (excluding diaryl/α,β-unsaturated/α-hetero) is 1. The number of carbonyl (C=O) groups excluding carboxylic acids is 2. The molecule has 2 aromatic rings. The number of carbonyl (C=O) groups is 3. The molecule has 122 valence electrons. The van der Waals surface area contributed by atoms with Gasteiger partial charge in [0.05, 0.1) is 11.7 Å². The lowest BCUT2D eigenvalue weighted by Gasteiger charge is -2.11. The standard InChI is InChI=1S/C15H17N3O4S/c1-7-12(15(21)22)23-14(17-7)8(2)16-13(20)11-5-10(9(3)19)6-18(11)4/h5-6,8H,1-4H3,(H,16,20)(H,21,22). The van der Waals surface area contributed by atoms with Gasteiger partial charge in [0.2, 0.25) is 0 Å². The molecule has 0 saturated carbocycles. The van der Waals surface area contributed by atoms with Gasteiger partial charge in [0.25, 0.3) is 5.91 Å². The fraction of sp³-hybridized carbons (Fsp3) is 0.333.